The lowest BCUT2D eigenvalue weighted by molar-refractivity contribution is -0.125. The second-order valence-corrected chi connectivity index (χ2v) is 6.37. The van der Waals surface area contributed by atoms with Crippen molar-refractivity contribution in [3.8, 4) is 5.69 Å². The monoisotopic (exact) mass is 284 g/mol. The van der Waals surface area contributed by atoms with Crippen molar-refractivity contribution in [1.29, 1.82) is 0 Å². The van der Waals surface area contributed by atoms with E-state index in [1.807, 2.05) is 62.6 Å². The van der Waals surface area contributed by atoms with Gasteiger partial charge in [0, 0.05) is 24.6 Å². The highest BCUT2D eigenvalue weighted by Crippen LogP contribution is 2.24. The summed E-state index contributed by atoms with van der Waals surface area (Å²) in [6, 6.07) is 12.2. The van der Waals surface area contributed by atoms with Gasteiger partial charge < -0.3 is 9.88 Å². The number of nitrogens with zero attached hydrogens (tertiary/aromatic N) is 1. The normalized spacial score (nSPS) is 11.7. The summed E-state index contributed by atoms with van der Waals surface area (Å²) in [5.74, 6) is 0.533. The molecule has 0 aliphatic carbocycles. The Labute approximate surface area is 127 Å². The van der Waals surface area contributed by atoms with Crippen molar-refractivity contribution in [2.45, 2.75) is 33.1 Å². The van der Waals surface area contributed by atoms with Crippen molar-refractivity contribution >= 4 is 5.91 Å². The van der Waals surface area contributed by atoms with Gasteiger partial charge in [-0.1, -0.05) is 26.0 Å². The van der Waals surface area contributed by atoms with E-state index < -0.39 is 5.41 Å². The summed E-state index contributed by atoms with van der Waals surface area (Å²) in [6.45, 7) is 8.84. The quantitative estimate of drug-likeness (QED) is 0.895. The molecule has 1 N–H and O–H groups in total. The van der Waals surface area contributed by atoms with Gasteiger partial charge in [0.2, 0.25) is 5.91 Å². The van der Waals surface area contributed by atoms with Gasteiger partial charge in [-0.05, 0) is 49.6 Å². The average Bonchev–Trinajstić information content (AvgIpc) is 2.99. The highest BCUT2D eigenvalue weighted by atomic mass is 16.2. The first kappa shape index (κ1) is 15.4. The first-order valence-electron chi connectivity index (χ1n) is 7.43. The Balaban J connectivity index is 2.14. The maximum absolute atomic E-state index is 12.4. The smallest absolute Gasteiger partial charge is 0.230 e. The molecule has 1 heterocycles. The molecule has 1 amide bonds. The molecule has 2 aromatic rings. The third kappa shape index (κ3) is 3.54. The maximum Gasteiger partial charge on any atom is 0.230 e. The largest absolute Gasteiger partial charge is 0.355 e. The number of rotatable bonds is 5. The highest BCUT2D eigenvalue weighted by molar-refractivity contribution is 5.87. The first-order valence-corrected chi connectivity index (χ1v) is 7.43. The standard InChI is InChI=1S/C18H24N2O/c1-14(2)13-19-17(21)18(3,4)15-7-9-16(10-8-15)20-11-5-6-12-20/h5-12,14H,13H2,1-4H3,(H,19,21). The Morgan fingerprint density at radius 2 is 1.71 bits per heavy atom. The van der Waals surface area contributed by atoms with E-state index in [0.717, 1.165) is 11.3 Å². The zero-order chi connectivity index (χ0) is 15.5. The fourth-order valence-corrected chi connectivity index (χ4v) is 2.21. The van der Waals surface area contributed by atoms with E-state index in [-0.39, 0.29) is 5.91 Å². The molecule has 0 unspecified atom stereocenters. The lowest BCUT2D eigenvalue weighted by atomic mass is 9.83. The van der Waals surface area contributed by atoms with E-state index in [9.17, 15) is 4.79 Å². The van der Waals surface area contributed by atoms with Crippen LogP contribution in [0.2, 0.25) is 0 Å². The maximum atomic E-state index is 12.4. The van der Waals surface area contributed by atoms with E-state index in [0.29, 0.717) is 12.5 Å². The average molecular weight is 284 g/mol. The van der Waals surface area contributed by atoms with Crippen molar-refractivity contribution in [3.63, 3.8) is 0 Å². The fourth-order valence-electron chi connectivity index (χ4n) is 2.21. The predicted octanol–water partition coefficient (Wildman–Crippen LogP) is 3.53. The topological polar surface area (TPSA) is 34.0 Å². The highest BCUT2D eigenvalue weighted by Gasteiger charge is 2.29. The fraction of sp³-hybridized carbons (Fsp3) is 0.389. The Kier molecular flexibility index (Phi) is 4.51. The molecule has 21 heavy (non-hydrogen) atoms. The number of carbonyl (C=O) groups is 1. The van der Waals surface area contributed by atoms with E-state index >= 15 is 0 Å². The zero-order valence-corrected chi connectivity index (χ0v) is 13.3. The zero-order valence-electron chi connectivity index (χ0n) is 13.3. The molecule has 0 bridgehead atoms. The van der Waals surface area contributed by atoms with E-state index in [1.54, 1.807) is 0 Å². The molecule has 0 saturated heterocycles. The van der Waals surface area contributed by atoms with Gasteiger partial charge in [-0.15, -0.1) is 0 Å². The number of amides is 1. The summed E-state index contributed by atoms with van der Waals surface area (Å²) in [5, 5.41) is 3.02. The van der Waals surface area contributed by atoms with Crippen LogP contribution in [0.25, 0.3) is 5.69 Å². The van der Waals surface area contributed by atoms with Gasteiger partial charge in [0.15, 0.2) is 0 Å². The summed E-state index contributed by atoms with van der Waals surface area (Å²) in [4.78, 5) is 12.4. The van der Waals surface area contributed by atoms with Crippen molar-refractivity contribution < 1.29 is 4.79 Å². The van der Waals surface area contributed by atoms with Gasteiger partial charge in [0.05, 0.1) is 5.41 Å². The van der Waals surface area contributed by atoms with Crippen LogP contribution in [0.5, 0.6) is 0 Å². The van der Waals surface area contributed by atoms with Crippen molar-refractivity contribution in [2.75, 3.05) is 6.54 Å². The van der Waals surface area contributed by atoms with Gasteiger partial charge in [0.1, 0.15) is 0 Å². The van der Waals surface area contributed by atoms with Crippen LogP contribution < -0.4 is 5.32 Å². The molecule has 0 aliphatic rings. The molecule has 0 saturated carbocycles. The van der Waals surface area contributed by atoms with Crippen molar-refractivity contribution in [1.82, 2.24) is 9.88 Å². The molecular formula is C18H24N2O. The number of nitrogens with one attached hydrogen (secondary N) is 1. The van der Waals surface area contributed by atoms with Crippen LogP contribution >= 0.6 is 0 Å². The molecule has 3 nitrogen and oxygen atoms in total. The molecule has 1 aromatic heterocycles. The summed E-state index contributed by atoms with van der Waals surface area (Å²) in [6.07, 6.45) is 4.02. The van der Waals surface area contributed by atoms with Crippen LogP contribution in [-0.4, -0.2) is 17.0 Å². The predicted molar refractivity (Wildman–Crippen MR) is 86.6 cm³/mol. The summed E-state index contributed by atoms with van der Waals surface area (Å²) >= 11 is 0. The molecule has 0 fully saturated rings. The van der Waals surface area contributed by atoms with E-state index in [2.05, 4.69) is 23.7 Å². The Hall–Kier alpha value is -2.03. The molecule has 3 heteroatoms. The van der Waals surface area contributed by atoms with Gasteiger partial charge in [-0.25, -0.2) is 0 Å². The van der Waals surface area contributed by atoms with Crippen molar-refractivity contribution in [2.24, 2.45) is 5.92 Å². The summed E-state index contributed by atoms with van der Waals surface area (Å²) < 4.78 is 2.05. The Bertz CT molecular complexity index is 580. The lowest BCUT2D eigenvalue weighted by Crippen LogP contribution is -2.41. The number of hydrogen-bond acceptors (Lipinski definition) is 1. The van der Waals surface area contributed by atoms with Crippen LogP contribution in [0.3, 0.4) is 0 Å². The third-order valence-corrected chi connectivity index (χ3v) is 3.73. The van der Waals surface area contributed by atoms with Crippen LogP contribution in [0.15, 0.2) is 48.8 Å². The van der Waals surface area contributed by atoms with Gasteiger partial charge in [0.25, 0.3) is 0 Å². The molecule has 112 valence electrons. The first-order chi connectivity index (χ1) is 9.91. The summed E-state index contributed by atoms with van der Waals surface area (Å²) in [7, 11) is 0. The van der Waals surface area contributed by atoms with Gasteiger partial charge in [-0.3, -0.25) is 4.79 Å². The minimum Gasteiger partial charge on any atom is -0.355 e. The van der Waals surface area contributed by atoms with Crippen LogP contribution in [-0.2, 0) is 10.2 Å². The summed E-state index contributed by atoms with van der Waals surface area (Å²) in [5.41, 5.74) is 1.60. The number of benzene rings is 1. The van der Waals surface area contributed by atoms with E-state index in [4.69, 9.17) is 0 Å². The number of aromatic nitrogens is 1. The molecular weight excluding hydrogens is 260 g/mol. The minimum absolute atomic E-state index is 0.0740. The second-order valence-electron chi connectivity index (χ2n) is 6.37. The number of hydrogen-bond donors (Lipinski definition) is 1. The van der Waals surface area contributed by atoms with Crippen molar-refractivity contribution in [3.05, 3.63) is 54.4 Å². The number of carbonyl (C=O) groups excluding carboxylic acids is 1. The van der Waals surface area contributed by atoms with Crippen LogP contribution in [0.4, 0.5) is 0 Å². The molecule has 0 aliphatic heterocycles. The molecule has 2 rings (SSSR count). The van der Waals surface area contributed by atoms with Gasteiger partial charge >= 0.3 is 0 Å². The Morgan fingerprint density at radius 3 is 2.24 bits per heavy atom. The van der Waals surface area contributed by atoms with E-state index in [1.165, 1.54) is 0 Å². The van der Waals surface area contributed by atoms with Crippen LogP contribution in [0, 0.1) is 5.92 Å². The molecule has 1 aromatic carbocycles. The SMILES string of the molecule is CC(C)CNC(=O)C(C)(C)c1ccc(-n2cccc2)cc1. The molecule has 0 atom stereocenters. The van der Waals surface area contributed by atoms with Gasteiger partial charge in [-0.2, -0.15) is 0 Å². The third-order valence-electron chi connectivity index (χ3n) is 3.73. The second kappa shape index (κ2) is 6.17. The molecule has 0 radical (unpaired) electrons. The minimum atomic E-state index is -0.524. The lowest BCUT2D eigenvalue weighted by Gasteiger charge is -2.25. The molecule has 0 spiro atoms. The van der Waals surface area contributed by atoms with Crippen LogP contribution in [0.1, 0.15) is 33.3 Å². The Morgan fingerprint density at radius 1 is 1.14 bits per heavy atom.